The molecule has 4 amide bonds. The van der Waals surface area contributed by atoms with Crippen molar-refractivity contribution >= 4 is 29.6 Å². The molecule has 4 atom stereocenters. The normalized spacial score (nSPS) is 17.5. The van der Waals surface area contributed by atoms with Gasteiger partial charge in [-0.15, -0.1) is 0 Å². The van der Waals surface area contributed by atoms with Gasteiger partial charge in [-0.25, -0.2) is 4.79 Å². The van der Waals surface area contributed by atoms with Crippen molar-refractivity contribution < 1.29 is 34.2 Å². The molecular formula is C24H36N6O7. The molecule has 10 N–H and O–H groups in total. The lowest BCUT2D eigenvalue weighted by Gasteiger charge is -2.29. The second kappa shape index (κ2) is 14.1. The number of nitrogens with two attached hydrogens (primary N) is 3. The van der Waals surface area contributed by atoms with Gasteiger partial charge in [0.15, 0.2) is 0 Å². The highest BCUT2D eigenvalue weighted by atomic mass is 16.4. The van der Waals surface area contributed by atoms with E-state index in [0.29, 0.717) is 37.8 Å². The van der Waals surface area contributed by atoms with Gasteiger partial charge in [-0.1, -0.05) is 18.6 Å². The lowest BCUT2D eigenvalue weighted by Crippen LogP contribution is -2.58. The Morgan fingerprint density at radius 2 is 1.68 bits per heavy atom. The third kappa shape index (κ3) is 9.03. The summed E-state index contributed by atoms with van der Waals surface area (Å²) >= 11 is 0. The average molecular weight is 521 g/mol. The van der Waals surface area contributed by atoms with E-state index in [-0.39, 0.29) is 25.1 Å². The van der Waals surface area contributed by atoms with Crippen molar-refractivity contribution in [2.24, 2.45) is 17.2 Å². The van der Waals surface area contributed by atoms with Crippen molar-refractivity contribution in [2.45, 2.75) is 69.1 Å². The van der Waals surface area contributed by atoms with E-state index in [1.54, 1.807) is 12.1 Å². The van der Waals surface area contributed by atoms with Crippen LogP contribution in [0.15, 0.2) is 24.3 Å². The summed E-state index contributed by atoms with van der Waals surface area (Å²) in [6, 6.07) is 1.38. The number of unbranched alkanes of at least 4 members (excludes halogenated alkanes) is 1. The lowest BCUT2D eigenvalue weighted by atomic mass is 10.0. The highest BCUT2D eigenvalue weighted by molar-refractivity contribution is 5.96. The molecule has 13 nitrogen and oxygen atoms in total. The first kappa shape index (κ1) is 29.5. The number of likely N-dealkylation sites (tertiary alicyclic amines) is 1. The summed E-state index contributed by atoms with van der Waals surface area (Å²) in [4.78, 5) is 63.6. The second-order valence-electron chi connectivity index (χ2n) is 9.08. The summed E-state index contributed by atoms with van der Waals surface area (Å²) in [6.45, 7) is 0.647. The molecule has 37 heavy (non-hydrogen) atoms. The van der Waals surface area contributed by atoms with Gasteiger partial charge in [0.25, 0.3) is 0 Å². The van der Waals surface area contributed by atoms with Gasteiger partial charge in [-0.2, -0.15) is 0 Å². The molecule has 0 radical (unpaired) electrons. The van der Waals surface area contributed by atoms with Crippen LogP contribution in [0, 0.1) is 0 Å². The van der Waals surface area contributed by atoms with Crippen LogP contribution in [0.2, 0.25) is 0 Å². The number of phenols is 1. The van der Waals surface area contributed by atoms with E-state index in [0.717, 1.165) is 0 Å². The standard InChI is InChI=1S/C24H36N6O7/c25-10-2-1-4-16(26)21(33)28-17(13-20(27)32)22(34)29-18(12-14-6-8-15(31)9-7-14)23(35)30-11-3-5-19(30)24(36)37/h6-9,16-19,31H,1-5,10-13,25-26H2,(H2,27,32)(H,28,33)(H,29,34)(H,36,37). The Labute approximate surface area is 214 Å². The Hall–Kier alpha value is -3.71. The molecule has 13 heteroatoms. The van der Waals surface area contributed by atoms with E-state index in [4.69, 9.17) is 17.2 Å². The number of carboxylic acids is 1. The maximum absolute atomic E-state index is 13.4. The molecule has 1 saturated heterocycles. The molecule has 0 spiro atoms. The first-order chi connectivity index (χ1) is 17.5. The molecule has 1 aromatic rings. The van der Waals surface area contributed by atoms with Gasteiger partial charge in [0.05, 0.1) is 12.5 Å². The SMILES string of the molecule is NCCCCC(N)C(=O)NC(CC(N)=O)C(=O)NC(Cc1ccc(O)cc1)C(=O)N1CCCC1C(=O)O. The number of carboxylic acid groups (broad SMARTS) is 1. The number of rotatable bonds is 14. The number of carbonyl (C=O) groups is 5. The molecule has 204 valence electrons. The second-order valence-corrected chi connectivity index (χ2v) is 9.08. The van der Waals surface area contributed by atoms with Crippen LogP contribution >= 0.6 is 0 Å². The van der Waals surface area contributed by atoms with Crippen LogP contribution in [0.1, 0.15) is 44.1 Å². The van der Waals surface area contributed by atoms with Crippen LogP contribution in [0.25, 0.3) is 0 Å². The zero-order chi connectivity index (χ0) is 27.5. The molecule has 1 aliphatic heterocycles. The average Bonchev–Trinajstić information content (AvgIpc) is 3.34. The topological polar surface area (TPSA) is 231 Å². The molecule has 0 bridgehead atoms. The maximum atomic E-state index is 13.4. The van der Waals surface area contributed by atoms with Gasteiger partial charge in [-0.3, -0.25) is 19.2 Å². The van der Waals surface area contributed by atoms with E-state index >= 15 is 0 Å². The largest absolute Gasteiger partial charge is 0.508 e. The van der Waals surface area contributed by atoms with Crippen LogP contribution in [0.4, 0.5) is 0 Å². The van der Waals surface area contributed by atoms with E-state index < -0.39 is 60.2 Å². The molecule has 1 aliphatic rings. The monoisotopic (exact) mass is 520 g/mol. The van der Waals surface area contributed by atoms with Crippen molar-refractivity contribution in [3.63, 3.8) is 0 Å². The predicted octanol–water partition coefficient (Wildman–Crippen LogP) is -1.69. The molecule has 1 heterocycles. The molecule has 1 fully saturated rings. The molecule has 0 aliphatic carbocycles. The van der Waals surface area contributed by atoms with Gasteiger partial charge >= 0.3 is 5.97 Å². The third-order valence-corrected chi connectivity index (χ3v) is 6.16. The quantitative estimate of drug-likeness (QED) is 0.138. The van der Waals surface area contributed by atoms with Gasteiger partial charge < -0.3 is 42.9 Å². The fourth-order valence-corrected chi connectivity index (χ4v) is 4.16. The summed E-state index contributed by atoms with van der Waals surface area (Å²) in [7, 11) is 0. The molecule has 0 aromatic heterocycles. The lowest BCUT2D eigenvalue weighted by molar-refractivity contribution is -0.149. The molecule has 0 saturated carbocycles. The van der Waals surface area contributed by atoms with Crippen LogP contribution in [0.5, 0.6) is 5.75 Å². The highest BCUT2D eigenvalue weighted by Gasteiger charge is 2.38. The van der Waals surface area contributed by atoms with Gasteiger partial charge in [0.2, 0.25) is 23.6 Å². The number of primary amides is 1. The number of aliphatic carboxylic acids is 1. The fraction of sp³-hybridized carbons (Fsp3) is 0.542. The molecular weight excluding hydrogens is 484 g/mol. The predicted molar refractivity (Wildman–Crippen MR) is 133 cm³/mol. The molecule has 1 aromatic carbocycles. The molecule has 2 rings (SSSR count). The van der Waals surface area contributed by atoms with Crippen LogP contribution < -0.4 is 27.8 Å². The number of carbonyl (C=O) groups excluding carboxylic acids is 4. The Balaban J connectivity index is 2.23. The summed E-state index contributed by atoms with van der Waals surface area (Å²) < 4.78 is 0. The Morgan fingerprint density at radius 1 is 1.03 bits per heavy atom. The summed E-state index contributed by atoms with van der Waals surface area (Å²) in [5, 5.41) is 24.0. The van der Waals surface area contributed by atoms with Crippen LogP contribution in [-0.4, -0.2) is 82.0 Å². The summed E-state index contributed by atoms with van der Waals surface area (Å²) in [6.07, 6.45) is 1.80. The van der Waals surface area contributed by atoms with Crippen LogP contribution in [0.3, 0.4) is 0 Å². The number of aromatic hydroxyl groups is 1. The minimum absolute atomic E-state index is 0.00758. The number of hydrogen-bond donors (Lipinski definition) is 7. The number of benzene rings is 1. The van der Waals surface area contributed by atoms with E-state index in [9.17, 15) is 34.2 Å². The van der Waals surface area contributed by atoms with E-state index in [1.807, 2.05) is 0 Å². The van der Waals surface area contributed by atoms with Gasteiger partial charge in [0.1, 0.15) is 23.9 Å². The van der Waals surface area contributed by atoms with Crippen molar-refractivity contribution in [1.29, 1.82) is 0 Å². The van der Waals surface area contributed by atoms with Crippen molar-refractivity contribution in [3.8, 4) is 5.75 Å². The minimum atomic E-state index is -1.39. The third-order valence-electron chi connectivity index (χ3n) is 6.16. The smallest absolute Gasteiger partial charge is 0.326 e. The zero-order valence-corrected chi connectivity index (χ0v) is 20.6. The number of hydrogen-bond acceptors (Lipinski definition) is 8. The zero-order valence-electron chi connectivity index (χ0n) is 20.6. The number of nitrogens with one attached hydrogen (secondary N) is 2. The highest BCUT2D eigenvalue weighted by Crippen LogP contribution is 2.20. The van der Waals surface area contributed by atoms with Gasteiger partial charge in [0, 0.05) is 13.0 Å². The molecule has 4 unspecified atom stereocenters. The van der Waals surface area contributed by atoms with Crippen molar-refractivity contribution in [2.75, 3.05) is 13.1 Å². The van der Waals surface area contributed by atoms with E-state index in [2.05, 4.69) is 10.6 Å². The van der Waals surface area contributed by atoms with Crippen molar-refractivity contribution in [3.05, 3.63) is 29.8 Å². The first-order valence-electron chi connectivity index (χ1n) is 12.2. The minimum Gasteiger partial charge on any atom is -0.508 e. The summed E-state index contributed by atoms with van der Waals surface area (Å²) in [5.41, 5.74) is 17.2. The fourth-order valence-electron chi connectivity index (χ4n) is 4.16. The van der Waals surface area contributed by atoms with Crippen molar-refractivity contribution in [1.82, 2.24) is 15.5 Å². The van der Waals surface area contributed by atoms with E-state index in [1.165, 1.54) is 17.0 Å². The maximum Gasteiger partial charge on any atom is 0.326 e. The number of nitrogens with zero attached hydrogens (tertiary/aromatic N) is 1. The first-order valence-corrected chi connectivity index (χ1v) is 12.2. The van der Waals surface area contributed by atoms with Crippen LogP contribution in [-0.2, 0) is 30.4 Å². The summed E-state index contributed by atoms with van der Waals surface area (Å²) in [5.74, 6) is -4.12. The Kier molecular flexibility index (Phi) is 11.3. The number of phenolic OH excluding ortho intramolecular Hbond substituents is 1. The number of amides is 4. The Bertz CT molecular complexity index is 971. The van der Waals surface area contributed by atoms with Gasteiger partial charge in [-0.05, 0) is 49.9 Å². The Morgan fingerprint density at radius 3 is 2.27 bits per heavy atom.